The molecule has 2 aliphatic rings. The van der Waals surface area contributed by atoms with E-state index in [-0.39, 0.29) is 24.0 Å². The zero-order valence-electron chi connectivity index (χ0n) is 12.5. The van der Waals surface area contributed by atoms with Crippen molar-refractivity contribution in [1.82, 2.24) is 15.5 Å². The molecule has 2 saturated carbocycles. The lowest BCUT2D eigenvalue weighted by molar-refractivity contribution is 0.256. The fourth-order valence-corrected chi connectivity index (χ4v) is 2.28. The molecule has 0 amide bonds. The highest BCUT2D eigenvalue weighted by atomic mass is 127. The lowest BCUT2D eigenvalue weighted by Crippen LogP contribution is -2.44. The van der Waals surface area contributed by atoms with Crippen LogP contribution in [-0.4, -0.2) is 49.6 Å². The Morgan fingerprint density at radius 2 is 1.95 bits per heavy atom. The lowest BCUT2D eigenvalue weighted by Gasteiger charge is -2.23. The van der Waals surface area contributed by atoms with Crippen molar-refractivity contribution >= 4 is 29.9 Å². The van der Waals surface area contributed by atoms with Gasteiger partial charge in [-0.05, 0) is 45.4 Å². The van der Waals surface area contributed by atoms with Crippen LogP contribution in [-0.2, 0) is 0 Å². The van der Waals surface area contributed by atoms with Gasteiger partial charge in [0.15, 0.2) is 5.96 Å². The molecular formula is C14H29IN4. The van der Waals surface area contributed by atoms with Crippen molar-refractivity contribution in [2.45, 2.75) is 51.6 Å². The third kappa shape index (κ3) is 6.79. The van der Waals surface area contributed by atoms with E-state index in [0.717, 1.165) is 31.0 Å². The fraction of sp³-hybridized carbons (Fsp3) is 0.929. The Morgan fingerprint density at radius 1 is 1.26 bits per heavy atom. The number of guanidine groups is 1. The number of rotatable bonds is 7. The van der Waals surface area contributed by atoms with Crippen LogP contribution in [0.2, 0.25) is 0 Å². The minimum absolute atomic E-state index is 0. The Balaban J connectivity index is 0.00000180. The van der Waals surface area contributed by atoms with Crippen LogP contribution in [0.5, 0.6) is 0 Å². The molecule has 0 radical (unpaired) electrons. The van der Waals surface area contributed by atoms with E-state index in [1.807, 2.05) is 7.05 Å². The summed E-state index contributed by atoms with van der Waals surface area (Å²) in [6.45, 7) is 7.74. The second-order valence-corrected chi connectivity index (χ2v) is 5.97. The van der Waals surface area contributed by atoms with Gasteiger partial charge >= 0.3 is 0 Å². The summed E-state index contributed by atoms with van der Waals surface area (Å²) in [7, 11) is 1.83. The molecule has 19 heavy (non-hydrogen) atoms. The third-order valence-electron chi connectivity index (χ3n) is 3.59. The molecule has 0 heterocycles. The first kappa shape index (κ1) is 17.0. The SMILES string of the molecule is CN=C(NCCN(CC1CC1)C1CC1)NC(C)C.I. The second-order valence-electron chi connectivity index (χ2n) is 5.97. The largest absolute Gasteiger partial charge is 0.355 e. The Kier molecular flexibility index (Phi) is 7.42. The van der Waals surface area contributed by atoms with Crippen LogP contribution in [0, 0.1) is 5.92 Å². The predicted molar refractivity (Wildman–Crippen MR) is 92.4 cm³/mol. The second kappa shape index (κ2) is 8.29. The van der Waals surface area contributed by atoms with Crippen molar-refractivity contribution in [1.29, 1.82) is 0 Å². The van der Waals surface area contributed by atoms with Crippen LogP contribution >= 0.6 is 24.0 Å². The van der Waals surface area contributed by atoms with Crippen LogP contribution in [0.4, 0.5) is 0 Å². The molecule has 5 heteroatoms. The zero-order valence-corrected chi connectivity index (χ0v) is 14.8. The van der Waals surface area contributed by atoms with Gasteiger partial charge in [-0.25, -0.2) is 0 Å². The maximum Gasteiger partial charge on any atom is 0.191 e. The Labute approximate surface area is 134 Å². The van der Waals surface area contributed by atoms with Crippen molar-refractivity contribution in [3.63, 3.8) is 0 Å². The van der Waals surface area contributed by atoms with E-state index in [1.54, 1.807) is 0 Å². The summed E-state index contributed by atoms with van der Waals surface area (Å²) < 4.78 is 0. The monoisotopic (exact) mass is 380 g/mol. The summed E-state index contributed by atoms with van der Waals surface area (Å²) >= 11 is 0. The molecule has 112 valence electrons. The van der Waals surface area contributed by atoms with Gasteiger partial charge in [0.2, 0.25) is 0 Å². The quantitative estimate of drug-likeness (QED) is 0.404. The van der Waals surface area contributed by atoms with Crippen LogP contribution in [0.1, 0.15) is 39.5 Å². The van der Waals surface area contributed by atoms with E-state index in [9.17, 15) is 0 Å². The molecule has 0 bridgehead atoms. The van der Waals surface area contributed by atoms with Gasteiger partial charge in [-0.1, -0.05) is 0 Å². The van der Waals surface area contributed by atoms with Gasteiger partial charge in [-0.15, -0.1) is 24.0 Å². The Bertz CT molecular complexity index is 285. The molecule has 2 fully saturated rings. The number of nitrogens with one attached hydrogen (secondary N) is 2. The summed E-state index contributed by atoms with van der Waals surface area (Å²) in [5.41, 5.74) is 0. The molecule has 2 N–H and O–H groups in total. The molecule has 2 aliphatic carbocycles. The van der Waals surface area contributed by atoms with Crippen molar-refractivity contribution in [2.24, 2.45) is 10.9 Å². The highest BCUT2D eigenvalue weighted by Gasteiger charge is 2.33. The molecular weight excluding hydrogens is 351 g/mol. The van der Waals surface area contributed by atoms with Gasteiger partial charge in [-0.3, -0.25) is 9.89 Å². The van der Waals surface area contributed by atoms with Crippen LogP contribution in [0.3, 0.4) is 0 Å². The Morgan fingerprint density at radius 3 is 2.42 bits per heavy atom. The summed E-state index contributed by atoms with van der Waals surface area (Å²) in [5.74, 6) is 1.92. The lowest BCUT2D eigenvalue weighted by atomic mass is 10.3. The van der Waals surface area contributed by atoms with Crippen molar-refractivity contribution < 1.29 is 0 Å². The standard InChI is InChI=1S/C14H28N4.HI/c1-11(2)17-14(15-3)16-8-9-18(13-6-7-13)10-12-4-5-12;/h11-13H,4-10H2,1-3H3,(H2,15,16,17);1H. The van der Waals surface area contributed by atoms with Gasteiger partial charge < -0.3 is 10.6 Å². The molecule has 0 aromatic heterocycles. The van der Waals surface area contributed by atoms with Crippen molar-refractivity contribution in [2.75, 3.05) is 26.7 Å². The summed E-state index contributed by atoms with van der Waals surface area (Å²) in [5, 5.41) is 6.73. The maximum absolute atomic E-state index is 4.23. The summed E-state index contributed by atoms with van der Waals surface area (Å²) in [6, 6.07) is 1.31. The van der Waals surface area contributed by atoms with Gasteiger partial charge in [0.25, 0.3) is 0 Å². The molecule has 0 aromatic rings. The number of aliphatic imine (C=N–C) groups is 1. The number of hydrogen-bond acceptors (Lipinski definition) is 2. The van der Waals surface area contributed by atoms with E-state index in [2.05, 4.69) is 34.4 Å². The third-order valence-corrected chi connectivity index (χ3v) is 3.59. The van der Waals surface area contributed by atoms with Gasteiger partial charge in [0, 0.05) is 38.8 Å². The summed E-state index contributed by atoms with van der Waals surface area (Å²) in [4.78, 5) is 6.91. The van der Waals surface area contributed by atoms with Crippen LogP contribution in [0.25, 0.3) is 0 Å². The fourth-order valence-electron chi connectivity index (χ4n) is 2.28. The number of halogens is 1. The predicted octanol–water partition coefficient (Wildman–Crippen LogP) is 2.05. The van der Waals surface area contributed by atoms with E-state index in [0.29, 0.717) is 6.04 Å². The van der Waals surface area contributed by atoms with Gasteiger partial charge in [-0.2, -0.15) is 0 Å². The molecule has 0 atom stereocenters. The van der Waals surface area contributed by atoms with E-state index in [4.69, 9.17) is 0 Å². The maximum atomic E-state index is 4.23. The molecule has 0 spiro atoms. The topological polar surface area (TPSA) is 39.7 Å². The molecule has 0 aromatic carbocycles. The van der Waals surface area contributed by atoms with Crippen LogP contribution < -0.4 is 10.6 Å². The minimum Gasteiger partial charge on any atom is -0.355 e. The first-order valence-corrected chi connectivity index (χ1v) is 7.40. The average molecular weight is 380 g/mol. The minimum atomic E-state index is 0. The van der Waals surface area contributed by atoms with E-state index >= 15 is 0 Å². The first-order valence-electron chi connectivity index (χ1n) is 7.40. The molecule has 4 nitrogen and oxygen atoms in total. The molecule has 0 saturated heterocycles. The van der Waals surface area contributed by atoms with E-state index < -0.39 is 0 Å². The zero-order chi connectivity index (χ0) is 13.0. The van der Waals surface area contributed by atoms with E-state index in [1.165, 1.54) is 32.2 Å². The van der Waals surface area contributed by atoms with Gasteiger partial charge in [0.1, 0.15) is 0 Å². The smallest absolute Gasteiger partial charge is 0.191 e. The molecule has 2 rings (SSSR count). The van der Waals surface area contributed by atoms with Crippen molar-refractivity contribution in [3.8, 4) is 0 Å². The highest BCUT2D eigenvalue weighted by molar-refractivity contribution is 14.0. The van der Waals surface area contributed by atoms with Crippen LogP contribution in [0.15, 0.2) is 4.99 Å². The summed E-state index contributed by atoms with van der Waals surface area (Å²) in [6.07, 6.45) is 5.72. The average Bonchev–Trinajstić information content (AvgIpc) is 3.16. The number of nitrogens with zero attached hydrogens (tertiary/aromatic N) is 2. The molecule has 0 unspecified atom stereocenters. The molecule has 0 aliphatic heterocycles. The number of hydrogen-bond donors (Lipinski definition) is 2. The first-order chi connectivity index (χ1) is 8.69. The normalized spacial score (nSPS) is 19.5. The Hall–Kier alpha value is -0.0400. The van der Waals surface area contributed by atoms with Crippen molar-refractivity contribution in [3.05, 3.63) is 0 Å². The highest BCUT2D eigenvalue weighted by Crippen LogP contribution is 2.34. The van der Waals surface area contributed by atoms with Gasteiger partial charge in [0.05, 0.1) is 0 Å².